The van der Waals surface area contributed by atoms with E-state index in [0.29, 0.717) is 0 Å². The molecule has 0 atom stereocenters. The van der Waals surface area contributed by atoms with Crippen LogP contribution in [0.15, 0.2) is 120 Å². The maximum atomic E-state index is 4.03. The van der Waals surface area contributed by atoms with E-state index in [2.05, 4.69) is 75.6 Å². The summed E-state index contributed by atoms with van der Waals surface area (Å²) in [4.78, 5) is 0. The summed E-state index contributed by atoms with van der Waals surface area (Å²) in [5.41, 5.74) is 5.78. The van der Waals surface area contributed by atoms with Gasteiger partial charge in [0.05, 0.1) is 0 Å². The van der Waals surface area contributed by atoms with Gasteiger partial charge < -0.3 is 0 Å². The molecular weight excluding hydrogens is 434 g/mol. The minimum atomic E-state index is 0. The molecule has 1 heteroatoms. The third kappa shape index (κ3) is 12.7. The average molecular weight is 475 g/mol. The van der Waals surface area contributed by atoms with Gasteiger partial charge in [-0.05, 0) is 30.6 Å². The van der Waals surface area contributed by atoms with Gasteiger partial charge in [-0.25, -0.2) is 0 Å². The standard InChI is InChI=1S/C25H29.2C2H6.Rb/c1-7-11-17-22(10-4)25(23(14-8-2)15-9-3)21(6)24-18-13-12-16-20(5)19-24;2*1-2;/h7-19H,2,4H2,1,3,5-6H3;2*1-2H3;/q-1;;;+1/b11-7-,15-9-,22-17+,23-14+,25-21+;;;. The Hall–Kier alpha value is -0.925. The van der Waals surface area contributed by atoms with Crippen molar-refractivity contribution in [3.63, 3.8) is 0 Å². The summed E-state index contributed by atoms with van der Waals surface area (Å²) in [6.07, 6.45) is 26.8. The van der Waals surface area contributed by atoms with Gasteiger partial charge in [0.2, 0.25) is 0 Å². The van der Waals surface area contributed by atoms with Crippen LogP contribution in [0.5, 0.6) is 0 Å². The second-order valence-electron chi connectivity index (χ2n) is 5.77. The van der Waals surface area contributed by atoms with Gasteiger partial charge in [0.25, 0.3) is 0 Å². The molecule has 0 bridgehead atoms. The van der Waals surface area contributed by atoms with Crippen LogP contribution >= 0.6 is 0 Å². The Morgan fingerprint density at radius 2 is 1.57 bits per heavy atom. The van der Waals surface area contributed by atoms with Crippen LogP contribution in [-0.2, 0) is 0 Å². The summed E-state index contributed by atoms with van der Waals surface area (Å²) in [6.45, 7) is 24.2. The first kappa shape index (κ1) is 33.7. The third-order valence-corrected chi connectivity index (χ3v) is 3.85. The van der Waals surface area contributed by atoms with Gasteiger partial charge >= 0.3 is 58.2 Å². The molecule has 0 heterocycles. The summed E-state index contributed by atoms with van der Waals surface area (Å²) >= 11 is 0. The molecule has 1 aliphatic carbocycles. The molecule has 0 unspecified atom stereocenters. The Labute approximate surface area is 236 Å². The molecule has 0 aliphatic heterocycles. The van der Waals surface area contributed by atoms with Gasteiger partial charge in [-0.1, -0.05) is 109 Å². The normalized spacial score (nSPS) is 14.5. The summed E-state index contributed by atoms with van der Waals surface area (Å²) < 4.78 is 0. The molecule has 0 radical (unpaired) electrons. The largest absolute Gasteiger partial charge is 1.00 e. The van der Waals surface area contributed by atoms with Crippen LogP contribution in [-0.4, -0.2) is 0 Å². The van der Waals surface area contributed by atoms with Gasteiger partial charge in [-0.3, -0.25) is 0 Å². The van der Waals surface area contributed by atoms with Crippen molar-refractivity contribution in [3.05, 3.63) is 126 Å². The first-order valence-corrected chi connectivity index (χ1v) is 10.6. The molecule has 0 aromatic carbocycles. The van der Waals surface area contributed by atoms with Crippen molar-refractivity contribution in [1.82, 2.24) is 0 Å². The van der Waals surface area contributed by atoms with Gasteiger partial charge in [0.1, 0.15) is 0 Å². The van der Waals surface area contributed by atoms with Crippen LogP contribution in [0.25, 0.3) is 0 Å². The first-order chi connectivity index (χ1) is 14.1. The van der Waals surface area contributed by atoms with Crippen LogP contribution < -0.4 is 58.2 Å². The van der Waals surface area contributed by atoms with Gasteiger partial charge in [0.15, 0.2) is 0 Å². The summed E-state index contributed by atoms with van der Waals surface area (Å²) in [6, 6.07) is 0. The minimum Gasteiger partial charge on any atom is -0.169 e. The van der Waals surface area contributed by atoms with Crippen molar-refractivity contribution in [2.45, 2.75) is 55.4 Å². The predicted molar refractivity (Wildman–Crippen MR) is 137 cm³/mol. The molecular formula is C29H41Rb. The summed E-state index contributed by atoms with van der Waals surface area (Å²) in [5.74, 6) is 1.23. The van der Waals surface area contributed by atoms with Crippen molar-refractivity contribution in [1.29, 1.82) is 0 Å². The first-order valence-electron chi connectivity index (χ1n) is 10.6. The number of hydrogen-bond donors (Lipinski definition) is 0. The topological polar surface area (TPSA) is 0 Å². The summed E-state index contributed by atoms with van der Waals surface area (Å²) in [7, 11) is 0. The molecule has 0 spiro atoms. The fourth-order valence-corrected chi connectivity index (χ4v) is 2.67. The third-order valence-electron chi connectivity index (χ3n) is 3.85. The average Bonchev–Trinajstić information content (AvgIpc) is 2.98. The zero-order valence-electron chi connectivity index (χ0n) is 20.9. The van der Waals surface area contributed by atoms with E-state index < -0.39 is 0 Å². The Balaban J connectivity index is -0.00000137. The van der Waals surface area contributed by atoms with Gasteiger partial charge in [-0.2, -0.15) is 24.1 Å². The van der Waals surface area contributed by atoms with E-state index in [1.54, 1.807) is 0 Å². The Morgan fingerprint density at radius 1 is 0.933 bits per heavy atom. The Bertz CT molecular complexity index is 728. The van der Waals surface area contributed by atoms with Crippen LogP contribution in [0.3, 0.4) is 0 Å². The number of allylic oxidation sites excluding steroid dienone is 18. The second kappa shape index (κ2) is 22.8. The Morgan fingerprint density at radius 3 is 2.07 bits per heavy atom. The fourth-order valence-electron chi connectivity index (χ4n) is 2.67. The zero-order valence-corrected chi connectivity index (χ0v) is 25.8. The smallest absolute Gasteiger partial charge is 0.169 e. The minimum absolute atomic E-state index is 0. The van der Waals surface area contributed by atoms with E-state index in [1.807, 2.05) is 71.9 Å². The molecule has 0 fully saturated rings. The number of hydrogen-bond acceptors (Lipinski definition) is 0. The molecule has 0 aromatic heterocycles. The molecule has 1 rings (SSSR count). The van der Waals surface area contributed by atoms with Crippen molar-refractivity contribution < 1.29 is 58.2 Å². The van der Waals surface area contributed by atoms with Crippen molar-refractivity contribution in [2.24, 2.45) is 0 Å². The van der Waals surface area contributed by atoms with Crippen molar-refractivity contribution in [3.8, 4) is 0 Å². The van der Waals surface area contributed by atoms with E-state index >= 15 is 0 Å². The van der Waals surface area contributed by atoms with Crippen molar-refractivity contribution in [2.75, 3.05) is 0 Å². The number of rotatable bonds is 7. The zero-order chi connectivity index (χ0) is 22.7. The SMILES string of the molecule is C=C/C=C(\C=C/C)C(/C(C=C)=C/C=C\C)=C(\C)C1=C[C-](C)C=CC=C1.CC.CC.[Rb+]. The predicted octanol–water partition coefficient (Wildman–Crippen LogP) is 6.38. The molecule has 30 heavy (non-hydrogen) atoms. The van der Waals surface area contributed by atoms with E-state index in [0.717, 1.165) is 16.7 Å². The van der Waals surface area contributed by atoms with E-state index in [4.69, 9.17) is 0 Å². The maximum Gasteiger partial charge on any atom is 1.00 e. The Kier molecular flexibility index (Phi) is 25.6. The molecule has 0 aromatic rings. The monoisotopic (exact) mass is 474 g/mol. The second-order valence-corrected chi connectivity index (χ2v) is 5.77. The van der Waals surface area contributed by atoms with E-state index in [9.17, 15) is 0 Å². The molecule has 158 valence electrons. The van der Waals surface area contributed by atoms with Crippen molar-refractivity contribution >= 4 is 0 Å². The van der Waals surface area contributed by atoms with E-state index in [1.165, 1.54) is 17.1 Å². The van der Waals surface area contributed by atoms with Crippen LogP contribution in [0.1, 0.15) is 55.4 Å². The molecule has 0 nitrogen and oxygen atoms in total. The molecule has 0 N–H and O–H groups in total. The van der Waals surface area contributed by atoms with Gasteiger partial charge in [-0.15, -0.1) is 17.7 Å². The molecule has 0 amide bonds. The van der Waals surface area contributed by atoms with Crippen LogP contribution in [0, 0.1) is 5.92 Å². The maximum absolute atomic E-state index is 4.03. The summed E-state index contributed by atoms with van der Waals surface area (Å²) in [5, 5.41) is 0. The van der Waals surface area contributed by atoms with E-state index in [-0.39, 0.29) is 58.2 Å². The van der Waals surface area contributed by atoms with Crippen LogP contribution in [0.2, 0.25) is 0 Å². The molecule has 0 saturated carbocycles. The van der Waals surface area contributed by atoms with Gasteiger partial charge in [0, 0.05) is 0 Å². The van der Waals surface area contributed by atoms with Crippen LogP contribution in [0.4, 0.5) is 0 Å². The molecule has 1 aliphatic rings. The fraction of sp³-hybridized carbons (Fsp3) is 0.276. The molecule has 0 saturated heterocycles. The quantitative estimate of drug-likeness (QED) is 0.296.